The molecular formula is C12H25Cl2N3O. The van der Waals surface area contributed by atoms with E-state index in [4.69, 9.17) is 0 Å². The number of piperidine rings is 1. The summed E-state index contributed by atoms with van der Waals surface area (Å²) in [5.41, 5.74) is 0. The van der Waals surface area contributed by atoms with Crippen molar-refractivity contribution in [2.75, 3.05) is 33.2 Å². The molecule has 0 radical (unpaired) electrons. The average Bonchev–Trinajstić information content (AvgIpc) is 2.73. The highest BCUT2D eigenvalue weighted by Crippen LogP contribution is 2.13. The van der Waals surface area contributed by atoms with E-state index in [1.165, 1.54) is 25.8 Å². The van der Waals surface area contributed by atoms with E-state index in [0.717, 1.165) is 26.1 Å². The van der Waals surface area contributed by atoms with Gasteiger partial charge in [0, 0.05) is 13.1 Å². The lowest BCUT2D eigenvalue weighted by atomic mass is 10.0. The molecular weight excluding hydrogens is 273 g/mol. The van der Waals surface area contributed by atoms with Gasteiger partial charge in [-0.1, -0.05) is 6.42 Å². The van der Waals surface area contributed by atoms with Crippen molar-refractivity contribution in [1.82, 2.24) is 15.5 Å². The molecule has 0 aromatic rings. The van der Waals surface area contributed by atoms with Gasteiger partial charge in [0.25, 0.3) is 0 Å². The van der Waals surface area contributed by atoms with Crippen LogP contribution in [0.2, 0.25) is 0 Å². The molecule has 2 aliphatic heterocycles. The van der Waals surface area contributed by atoms with Gasteiger partial charge in [0.1, 0.15) is 0 Å². The third-order valence-electron chi connectivity index (χ3n) is 3.68. The van der Waals surface area contributed by atoms with E-state index in [1.54, 1.807) is 0 Å². The van der Waals surface area contributed by atoms with Crippen LogP contribution in [0.25, 0.3) is 0 Å². The molecule has 1 amide bonds. The fourth-order valence-corrected chi connectivity index (χ4v) is 2.64. The van der Waals surface area contributed by atoms with Crippen LogP contribution < -0.4 is 10.6 Å². The van der Waals surface area contributed by atoms with Gasteiger partial charge in [-0.3, -0.25) is 4.79 Å². The van der Waals surface area contributed by atoms with E-state index in [-0.39, 0.29) is 36.8 Å². The van der Waals surface area contributed by atoms with Crippen molar-refractivity contribution in [3.8, 4) is 0 Å². The van der Waals surface area contributed by atoms with Gasteiger partial charge < -0.3 is 15.5 Å². The Bertz CT molecular complexity index is 247. The molecule has 0 aromatic heterocycles. The van der Waals surface area contributed by atoms with Gasteiger partial charge in [-0.25, -0.2) is 0 Å². The molecule has 2 aliphatic rings. The maximum Gasteiger partial charge on any atom is 0.237 e. The van der Waals surface area contributed by atoms with Gasteiger partial charge in [-0.15, -0.1) is 24.8 Å². The fourth-order valence-electron chi connectivity index (χ4n) is 2.64. The van der Waals surface area contributed by atoms with Crippen molar-refractivity contribution >= 4 is 30.7 Å². The summed E-state index contributed by atoms with van der Waals surface area (Å²) in [6.45, 7) is 4.13. The van der Waals surface area contributed by atoms with Crippen molar-refractivity contribution in [2.45, 2.75) is 31.7 Å². The highest BCUT2D eigenvalue weighted by Gasteiger charge is 2.23. The molecule has 0 saturated carbocycles. The number of carbonyl (C=O) groups excluding carboxylic acids is 1. The molecule has 6 heteroatoms. The summed E-state index contributed by atoms with van der Waals surface area (Å²) in [5.74, 6) is 0.854. The number of likely N-dealkylation sites (tertiary alicyclic amines) is 1. The smallest absolute Gasteiger partial charge is 0.237 e. The Morgan fingerprint density at radius 2 is 2.11 bits per heavy atom. The molecule has 0 spiro atoms. The minimum absolute atomic E-state index is 0. The number of halogens is 2. The number of amides is 1. The van der Waals surface area contributed by atoms with E-state index in [2.05, 4.69) is 22.6 Å². The maximum atomic E-state index is 11.8. The van der Waals surface area contributed by atoms with Crippen LogP contribution >= 0.6 is 24.8 Å². The summed E-state index contributed by atoms with van der Waals surface area (Å²) in [6, 6.07) is 0.0629. The Labute approximate surface area is 122 Å². The molecule has 2 unspecified atom stereocenters. The van der Waals surface area contributed by atoms with E-state index in [1.807, 2.05) is 0 Å². The van der Waals surface area contributed by atoms with Crippen LogP contribution in [0.3, 0.4) is 0 Å². The number of nitrogens with zero attached hydrogens (tertiary/aromatic N) is 1. The Balaban J connectivity index is 0.00000144. The molecule has 2 rings (SSSR count). The quantitative estimate of drug-likeness (QED) is 0.818. The lowest BCUT2D eigenvalue weighted by Crippen LogP contribution is -2.47. The molecule has 2 atom stereocenters. The molecule has 2 heterocycles. The first-order valence-electron chi connectivity index (χ1n) is 6.45. The third kappa shape index (κ3) is 5.31. The summed E-state index contributed by atoms with van der Waals surface area (Å²) >= 11 is 0. The van der Waals surface area contributed by atoms with Crippen LogP contribution in [-0.2, 0) is 4.79 Å². The third-order valence-corrected chi connectivity index (χ3v) is 3.68. The minimum Gasteiger partial charge on any atom is -0.354 e. The largest absolute Gasteiger partial charge is 0.354 e. The highest BCUT2D eigenvalue weighted by molar-refractivity contribution is 5.85. The second-order valence-electron chi connectivity index (χ2n) is 5.16. The van der Waals surface area contributed by atoms with Crippen LogP contribution in [0.5, 0.6) is 0 Å². The van der Waals surface area contributed by atoms with Gasteiger partial charge in [0.2, 0.25) is 5.91 Å². The van der Waals surface area contributed by atoms with Crippen LogP contribution in [-0.4, -0.2) is 50.1 Å². The lowest BCUT2D eigenvalue weighted by Gasteiger charge is -2.23. The summed E-state index contributed by atoms with van der Waals surface area (Å²) in [7, 11) is 2.14. The Kier molecular flexibility index (Phi) is 8.95. The van der Waals surface area contributed by atoms with Crippen LogP contribution in [0.1, 0.15) is 25.7 Å². The molecule has 0 bridgehead atoms. The van der Waals surface area contributed by atoms with Gasteiger partial charge in [-0.2, -0.15) is 0 Å². The van der Waals surface area contributed by atoms with Gasteiger partial charge in [-0.05, 0) is 45.3 Å². The van der Waals surface area contributed by atoms with Crippen LogP contribution in [0, 0.1) is 5.92 Å². The first-order chi connectivity index (χ1) is 7.75. The number of nitrogens with one attached hydrogen (secondary N) is 2. The molecule has 2 N–H and O–H groups in total. The van der Waals surface area contributed by atoms with Crippen molar-refractivity contribution in [1.29, 1.82) is 0 Å². The second-order valence-corrected chi connectivity index (χ2v) is 5.16. The van der Waals surface area contributed by atoms with Crippen molar-refractivity contribution in [3.63, 3.8) is 0 Å². The van der Waals surface area contributed by atoms with Crippen LogP contribution in [0.4, 0.5) is 0 Å². The summed E-state index contributed by atoms with van der Waals surface area (Å²) < 4.78 is 0. The Morgan fingerprint density at radius 3 is 2.67 bits per heavy atom. The molecule has 0 aromatic carbocycles. The average molecular weight is 298 g/mol. The van der Waals surface area contributed by atoms with Crippen LogP contribution in [0.15, 0.2) is 0 Å². The molecule has 0 aliphatic carbocycles. The summed E-state index contributed by atoms with van der Waals surface area (Å²) in [6.07, 6.45) is 4.60. The van der Waals surface area contributed by atoms with E-state index in [0.29, 0.717) is 5.92 Å². The fraction of sp³-hybridized carbons (Fsp3) is 0.917. The van der Waals surface area contributed by atoms with E-state index in [9.17, 15) is 4.79 Å². The SMILES string of the molecule is CN1CCC(CNC(=O)C2CCCCN2)C1.Cl.Cl. The minimum atomic E-state index is 0. The number of hydrogen-bond acceptors (Lipinski definition) is 3. The zero-order chi connectivity index (χ0) is 11.4. The molecule has 2 fully saturated rings. The van der Waals surface area contributed by atoms with Gasteiger partial charge in [0.05, 0.1) is 6.04 Å². The predicted octanol–water partition coefficient (Wildman–Crippen LogP) is 1.04. The maximum absolute atomic E-state index is 11.8. The first-order valence-corrected chi connectivity index (χ1v) is 6.45. The Hall–Kier alpha value is -0.0300. The second kappa shape index (κ2) is 8.97. The van der Waals surface area contributed by atoms with Crippen molar-refractivity contribution in [3.05, 3.63) is 0 Å². The standard InChI is InChI=1S/C12H23N3O.2ClH/c1-15-7-5-10(9-15)8-14-12(16)11-4-2-3-6-13-11;;/h10-11,13H,2-9H2,1H3,(H,14,16);2*1H. The summed E-state index contributed by atoms with van der Waals surface area (Å²) in [5, 5.41) is 6.37. The molecule has 4 nitrogen and oxygen atoms in total. The predicted molar refractivity (Wildman–Crippen MR) is 78.8 cm³/mol. The number of hydrogen-bond donors (Lipinski definition) is 2. The number of rotatable bonds is 3. The first kappa shape index (κ1) is 18.0. The van der Waals surface area contributed by atoms with E-state index < -0.39 is 0 Å². The highest BCUT2D eigenvalue weighted by atomic mass is 35.5. The molecule has 2 saturated heterocycles. The lowest BCUT2D eigenvalue weighted by molar-refractivity contribution is -0.123. The van der Waals surface area contributed by atoms with Crippen molar-refractivity contribution < 1.29 is 4.79 Å². The zero-order valence-corrected chi connectivity index (χ0v) is 12.6. The molecule has 18 heavy (non-hydrogen) atoms. The number of carbonyl (C=O) groups is 1. The zero-order valence-electron chi connectivity index (χ0n) is 11.0. The Morgan fingerprint density at radius 1 is 1.33 bits per heavy atom. The van der Waals surface area contributed by atoms with E-state index >= 15 is 0 Å². The topological polar surface area (TPSA) is 44.4 Å². The monoisotopic (exact) mass is 297 g/mol. The molecule has 108 valence electrons. The van der Waals surface area contributed by atoms with Gasteiger partial charge >= 0.3 is 0 Å². The van der Waals surface area contributed by atoms with Crippen molar-refractivity contribution in [2.24, 2.45) is 5.92 Å². The van der Waals surface area contributed by atoms with Gasteiger partial charge in [0.15, 0.2) is 0 Å². The summed E-state index contributed by atoms with van der Waals surface area (Å²) in [4.78, 5) is 14.2. The normalized spacial score (nSPS) is 28.1.